The molecule has 2 aromatic rings. The van der Waals surface area contributed by atoms with Gasteiger partial charge >= 0.3 is 0 Å². The summed E-state index contributed by atoms with van der Waals surface area (Å²) in [6.07, 6.45) is 1.76. The van der Waals surface area contributed by atoms with Gasteiger partial charge in [0.25, 0.3) is 0 Å². The number of nitrogens with one attached hydrogen (secondary N) is 1. The molecule has 0 saturated heterocycles. The minimum Gasteiger partial charge on any atom is -0.305 e. The fourth-order valence-corrected chi connectivity index (χ4v) is 3.25. The minimum atomic E-state index is -0.826. The van der Waals surface area contributed by atoms with Gasteiger partial charge in [0.2, 0.25) is 0 Å². The Morgan fingerprint density at radius 2 is 1.81 bits per heavy atom. The maximum Gasteiger partial charge on any atom is 0.0439 e. The summed E-state index contributed by atoms with van der Waals surface area (Å²) in [6.45, 7) is 5.04. The van der Waals surface area contributed by atoms with Crippen molar-refractivity contribution in [3.8, 4) is 0 Å². The Bertz CT molecular complexity index is 610. The number of hydrogen-bond donors (Lipinski definition) is 1. The summed E-state index contributed by atoms with van der Waals surface area (Å²) in [5, 5.41) is 3.55. The van der Waals surface area contributed by atoms with Crippen molar-refractivity contribution in [3.05, 3.63) is 70.8 Å². The zero-order chi connectivity index (χ0) is 15.2. The van der Waals surface area contributed by atoms with Gasteiger partial charge in [0.15, 0.2) is 0 Å². The van der Waals surface area contributed by atoms with E-state index in [1.165, 1.54) is 22.3 Å². The van der Waals surface area contributed by atoms with Crippen molar-refractivity contribution in [2.75, 3.05) is 12.0 Å². The molecule has 0 radical (unpaired) electrons. The summed E-state index contributed by atoms with van der Waals surface area (Å²) in [7, 11) is -0.826. The fourth-order valence-electron chi connectivity index (χ4n) is 2.47. The Kier molecular flexibility index (Phi) is 5.71. The van der Waals surface area contributed by atoms with Crippen LogP contribution in [0.2, 0.25) is 0 Å². The molecule has 0 heterocycles. The lowest BCUT2D eigenvalue weighted by Crippen LogP contribution is -2.26. The molecule has 0 unspecified atom stereocenters. The lowest BCUT2D eigenvalue weighted by molar-refractivity contribution is 0.573. The first-order valence-electron chi connectivity index (χ1n) is 7.21. The van der Waals surface area contributed by atoms with Gasteiger partial charge in [-0.25, -0.2) is 0 Å². The second-order valence-electron chi connectivity index (χ2n) is 5.51. The largest absolute Gasteiger partial charge is 0.305 e. The van der Waals surface area contributed by atoms with Crippen LogP contribution in [0.1, 0.15) is 28.3 Å². The molecule has 0 saturated carbocycles. The van der Waals surface area contributed by atoms with Crippen LogP contribution < -0.4 is 5.32 Å². The Morgan fingerprint density at radius 1 is 1.10 bits per heavy atom. The quantitative estimate of drug-likeness (QED) is 0.884. The Hall–Kier alpha value is -1.45. The van der Waals surface area contributed by atoms with Gasteiger partial charge in [-0.05, 0) is 30.5 Å². The van der Waals surface area contributed by atoms with E-state index in [0.29, 0.717) is 5.75 Å². The molecule has 0 fully saturated rings. The average molecular weight is 301 g/mol. The zero-order valence-electron chi connectivity index (χ0n) is 12.9. The maximum absolute atomic E-state index is 11.6. The van der Waals surface area contributed by atoms with E-state index in [-0.39, 0.29) is 6.04 Å². The van der Waals surface area contributed by atoms with E-state index in [2.05, 4.69) is 49.5 Å². The first-order chi connectivity index (χ1) is 10.1. The minimum absolute atomic E-state index is 0.123. The SMILES string of the molecule is Cc1ccc(CN[C@H](C[S@@](C)=O)c2ccccc2)c(C)c1. The fraction of sp³-hybridized carbons (Fsp3) is 0.333. The summed E-state index contributed by atoms with van der Waals surface area (Å²) in [6, 6.07) is 16.9. The first-order valence-corrected chi connectivity index (χ1v) is 8.93. The smallest absolute Gasteiger partial charge is 0.0439 e. The molecule has 2 atom stereocenters. The van der Waals surface area contributed by atoms with Crippen LogP contribution in [0.5, 0.6) is 0 Å². The Balaban J connectivity index is 2.10. The highest BCUT2D eigenvalue weighted by Crippen LogP contribution is 2.16. The summed E-state index contributed by atoms with van der Waals surface area (Å²) < 4.78 is 11.6. The molecule has 112 valence electrons. The van der Waals surface area contributed by atoms with Gasteiger partial charge in [0.1, 0.15) is 0 Å². The standard InChI is InChI=1S/C18H23NOS/c1-14-9-10-17(15(2)11-14)12-19-18(13-21(3)20)16-7-5-4-6-8-16/h4-11,18-19H,12-13H2,1-3H3/t18-,21-/m1/s1. The predicted octanol–water partition coefficient (Wildman–Crippen LogP) is 3.51. The Morgan fingerprint density at radius 3 is 2.43 bits per heavy atom. The molecule has 0 aliphatic heterocycles. The van der Waals surface area contributed by atoms with Gasteiger partial charge in [-0.3, -0.25) is 4.21 Å². The van der Waals surface area contributed by atoms with Gasteiger partial charge in [-0.1, -0.05) is 54.1 Å². The van der Waals surface area contributed by atoms with E-state index >= 15 is 0 Å². The van der Waals surface area contributed by atoms with Crippen LogP contribution in [0, 0.1) is 13.8 Å². The van der Waals surface area contributed by atoms with Crippen LogP contribution in [0.25, 0.3) is 0 Å². The van der Waals surface area contributed by atoms with Crippen LogP contribution >= 0.6 is 0 Å². The average Bonchev–Trinajstić information content (AvgIpc) is 2.45. The number of benzene rings is 2. The van der Waals surface area contributed by atoms with E-state index in [9.17, 15) is 4.21 Å². The molecule has 0 amide bonds. The number of hydrogen-bond acceptors (Lipinski definition) is 2. The predicted molar refractivity (Wildman–Crippen MR) is 90.9 cm³/mol. The van der Waals surface area contributed by atoms with Crippen molar-refractivity contribution in [2.24, 2.45) is 0 Å². The van der Waals surface area contributed by atoms with Gasteiger partial charge in [-0.2, -0.15) is 0 Å². The van der Waals surface area contributed by atoms with Crippen molar-refractivity contribution in [2.45, 2.75) is 26.4 Å². The molecule has 0 aliphatic carbocycles. The van der Waals surface area contributed by atoms with Crippen molar-refractivity contribution in [1.29, 1.82) is 0 Å². The molecule has 2 nitrogen and oxygen atoms in total. The second-order valence-corrected chi connectivity index (χ2v) is 6.99. The second kappa shape index (κ2) is 7.53. The van der Waals surface area contributed by atoms with Gasteiger partial charge in [0.05, 0.1) is 0 Å². The summed E-state index contributed by atoms with van der Waals surface area (Å²) >= 11 is 0. The van der Waals surface area contributed by atoms with Crippen LogP contribution in [0.15, 0.2) is 48.5 Å². The van der Waals surface area contributed by atoms with E-state index in [4.69, 9.17) is 0 Å². The number of rotatable bonds is 6. The lowest BCUT2D eigenvalue weighted by atomic mass is 10.0. The van der Waals surface area contributed by atoms with Gasteiger partial charge < -0.3 is 5.32 Å². The molecule has 0 bridgehead atoms. The summed E-state index contributed by atoms with van der Waals surface area (Å²) in [5.74, 6) is 0.634. The topological polar surface area (TPSA) is 29.1 Å². The van der Waals surface area contributed by atoms with Gasteiger partial charge in [-0.15, -0.1) is 0 Å². The normalized spacial score (nSPS) is 13.9. The molecule has 0 aliphatic rings. The Labute approximate surface area is 130 Å². The molecule has 21 heavy (non-hydrogen) atoms. The van der Waals surface area contributed by atoms with E-state index < -0.39 is 10.8 Å². The molecular weight excluding hydrogens is 278 g/mol. The lowest BCUT2D eigenvalue weighted by Gasteiger charge is -2.19. The van der Waals surface area contributed by atoms with Crippen molar-refractivity contribution in [3.63, 3.8) is 0 Å². The van der Waals surface area contributed by atoms with E-state index in [1.807, 2.05) is 18.2 Å². The number of aryl methyl sites for hydroxylation is 2. The molecule has 2 rings (SSSR count). The van der Waals surface area contributed by atoms with Crippen LogP contribution in [0.4, 0.5) is 0 Å². The van der Waals surface area contributed by atoms with Crippen molar-refractivity contribution >= 4 is 10.8 Å². The first kappa shape index (κ1) is 15.9. The van der Waals surface area contributed by atoms with E-state index in [1.54, 1.807) is 6.26 Å². The maximum atomic E-state index is 11.6. The molecule has 0 aromatic heterocycles. The zero-order valence-corrected chi connectivity index (χ0v) is 13.7. The van der Waals surface area contributed by atoms with Crippen LogP contribution in [-0.4, -0.2) is 16.2 Å². The highest BCUT2D eigenvalue weighted by Gasteiger charge is 2.13. The van der Waals surface area contributed by atoms with Gasteiger partial charge in [0, 0.05) is 35.4 Å². The van der Waals surface area contributed by atoms with Crippen molar-refractivity contribution in [1.82, 2.24) is 5.32 Å². The molecular formula is C18H23NOS. The highest BCUT2D eigenvalue weighted by atomic mass is 32.2. The third kappa shape index (κ3) is 4.80. The van der Waals surface area contributed by atoms with E-state index in [0.717, 1.165) is 6.54 Å². The molecule has 2 aromatic carbocycles. The van der Waals surface area contributed by atoms with Crippen molar-refractivity contribution < 1.29 is 4.21 Å². The third-order valence-corrected chi connectivity index (χ3v) is 4.44. The molecule has 1 N–H and O–H groups in total. The third-order valence-electron chi connectivity index (χ3n) is 3.64. The monoisotopic (exact) mass is 301 g/mol. The molecule has 3 heteroatoms. The summed E-state index contributed by atoms with van der Waals surface area (Å²) in [5.41, 5.74) is 5.07. The highest BCUT2D eigenvalue weighted by molar-refractivity contribution is 7.84. The molecule has 0 spiro atoms. The summed E-state index contributed by atoms with van der Waals surface area (Å²) in [4.78, 5) is 0. The van der Waals surface area contributed by atoms with Crippen LogP contribution in [-0.2, 0) is 17.3 Å². The van der Waals surface area contributed by atoms with Crippen LogP contribution in [0.3, 0.4) is 0 Å².